The maximum Gasteiger partial charge on any atom is 0.359 e. The molecule has 8 heteroatoms. The summed E-state index contributed by atoms with van der Waals surface area (Å²) in [7, 11) is 0. The normalized spacial score (nSPS) is 10.2. The fraction of sp³-hybridized carbons (Fsp3) is 0.136. The van der Waals surface area contributed by atoms with Crippen LogP contribution in [0.2, 0.25) is 0 Å². The van der Waals surface area contributed by atoms with Crippen LogP contribution in [0.25, 0.3) is 0 Å². The van der Waals surface area contributed by atoms with Crippen LogP contribution in [0.15, 0.2) is 67.0 Å². The average Bonchev–Trinajstić information content (AvgIpc) is 2.77. The second-order valence-electron chi connectivity index (χ2n) is 6.38. The molecule has 2 aromatic carbocycles. The highest BCUT2D eigenvalue weighted by Gasteiger charge is 2.15. The van der Waals surface area contributed by atoms with E-state index in [1.165, 1.54) is 12.4 Å². The molecule has 0 saturated heterocycles. The lowest BCUT2D eigenvalue weighted by Crippen LogP contribution is -2.26. The Hall–Kier alpha value is -4.07. The summed E-state index contributed by atoms with van der Waals surface area (Å²) < 4.78 is 4.95. The van der Waals surface area contributed by atoms with Gasteiger partial charge in [0, 0.05) is 12.7 Å². The largest absolute Gasteiger partial charge is 0.451 e. The number of hydrogen-bond donors (Lipinski definition) is 2. The summed E-state index contributed by atoms with van der Waals surface area (Å²) in [6.07, 6.45) is 2.71. The van der Waals surface area contributed by atoms with E-state index >= 15 is 0 Å². The van der Waals surface area contributed by atoms with Gasteiger partial charge in [-0.2, -0.15) is 0 Å². The van der Waals surface area contributed by atoms with Gasteiger partial charge in [0.1, 0.15) is 0 Å². The first-order valence-electron chi connectivity index (χ1n) is 9.19. The number of rotatable bonds is 7. The minimum atomic E-state index is -0.758. The molecule has 0 aliphatic heterocycles. The molecule has 2 amide bonds. The van der Waals surface area contributed by atoms with Crippen molar-refractivity contribution < 1.29 is 19.1 Å². The van der Waals surface area contributed by atoms with Gasteiger partial charge >= 0.3 is 5.97 Å². The second kappa shape index (κ2) is 9.92. The molecule has 30 heavy (non-hydrogen) atoms. The number of amides is 2. The molecule has 0 unspecified atom stereocenters. The minimum absolute atomic E-state index is 0.00842. The molecule has 152 valence electrons. The Morgan fingerprint density at radius 1 is 0.933 bits per heavy atom. The summed E-state index contributed by atoms with van der Waals surface area (Å²) in [5, 5.41) is 5.41. The first-order chi connectivity index (χ1) is 14.5. The molecule has 1 heterocycles. The third-order valence-electron chi connectivity index (χ3n) is 4.07. The maximum absolute atomic E-state index is 12.5. The predicted octanol–water partition coefficient (Wildman–Crippen LogP) is 2.51. The molecule has 0 atom stereocenters. The molecule has 0 aliphatic carbocycles. The summed E-state index contributed by atoms with van der Waals surface area (Å²) in [6.45, 7) is 1.58. The van der Waals surface area contributed by atoms with Crippen molar-refractivity contribution in [2.75, 3.05) is 11.9 Å². The molecule has 2 N–H and O–H groups in total. The van der Waals surface area contributed by atoms with E-state index in [9.17, 15) is 14.4 Å². The van der Waals surface area contributed by atoms with Crippen LogP contribution in [0.4, 0.5) is 5.69 Å². The number of nitrogens with zero attached hydrogens (tertiary/aromatic N) is 2. The molecular weight excluding hydrogens is 384 g/mol. The van der Waals surface area contributed by atoms with E-state index in [-0.39, 0.29) is 11.6 Å². The van der Waals surface area contributed by atoms with E-state index in [4.69, 9.17) is 4.74 Å². The van der Waals surface area contributed by atoms with Crippen LogP contribution in [0.3, 0.4) is 0 Å². The Bertz CT molecular complexity index is 1040. The second-order valence-corrected chi connectivity index (χ2v) is 6.38. The zero-order chi connectivity index (χ0) is 21.3. The van der Waals surface area contributed by atoms with Crippen molar-refractivity contribution in [3.8, 4) is 0 Å². The van der Waals surface area contributed by atoms with Gasteiger partial charge < -0.3 is 15.4 Å². The molecule has 0 saturated carbocycles. The Labute approximate surface area is 173 Å². The zero-order valence-electron chi connectivity index (χ0n) is 16.3. The number of esters is 1. The highest BCUT2D eigenvalue weighted by Crippen LogP contribution is 2.15. The molecule has 0 radical (unpaired) electrons. The van der Waals surface area contributed by atoms with Crippen molar-refractivity contribution in [3.63, 3.8) is 0 Å². The fourth-order valence-electron chi connectivity index (χ4n) is 2.55. The lowest BCUT2D eigenvalue weighted by molar-refractivity contribution is -0.119. The summed E-state index contributed by atoms with van der Waals surface area (Å²) in [6, 6.07) is 16.1. The van der Waals surface area contributed by atoms with E-state index in [0.717, 1.165) is 5.56 Å². The van der Waals surface area contributed by atoms with Gasteiger partial charge in [-0.05, 0) is 24.6 Å². The smallest absolute Gasteiger partial charge is 0.359 e. The molecule has 3 aromatic rings. The molecule has 1 aromatic heterocycles. The van der Waals surface area contributed by atoms with Gasteiger partial charge in [-0.25, -0.2) is 9.78 Å². The Balaban J connectivity index is 1.57. The number of aryl methyl sites for hydroxylation is 1. The van der Waals surface area contributed by atoms with Crippen molar-refractivity contribution in [2.24, 2.45) is 0 Å². The zero-order valence-corrected chi connectivity index (χ0v) is 16.3. The Kier molecular flexibility index (Phi) is 6.83. The van der Waals surface area contributed by atoms with Gasteiger partial charge in [-0.1, -0.05) is 42.5 Å². The average molecular weight is 404 g/mol. The van der Waals surface area contributed by atoms with Crippen LogP contribution in [0, 0.1) is 6.92 Å². The molecule has 0 aliphatic rings. The topological polar surface area (TPSA) is 110 Å². The number of carbonyl (C=O) groups excluding carboxylic acids is 3. The van der Waals surface area contributed by atoms with Crippen molar-refractivity contribution >= 4 is 23.5 Å². The van der Waals surface area contributed by atoms with Crippen LogP contribution in [-0.4, -0.2) is 34.4 Å². The quantitative estimate of drug-likeness (QED) is 0.586. The first kappa shape index (κ1) is 20.7. The molecule has 0 spiro atoms. The molecule has 8 nitrogen and oxygen atoms in total. The van der Waals surface area contributed by atoms with Gasteiger partial charge in [0.15, 0.2) is 12.3 Å². The van der Waals surface area contributed by atoms with Gasteiger partial charge in [-0.3, -0.25) is 14.6 Å². The minimum Gasteiger partial charge on any atom is -0.451 e. The standard InChI is InChI=1S/C22H20N4O4/c1-15-11-24-19(13-23-15)22(29)30-14-20(27)26-18-10-6-5-9-17(18)21(28)25-12-16-7-3-2-4-8-16/h2-11,13H,12,14H2,1H3,(H,25,28)(H,26,27). The number of aromatic nitrogens is 2. The van der Waals surface area contributed by atoms with Gasteiger partial charge in [-0.15, -0.1) is 0 Å². The van der Waals surface area contributed by atoms with Crippen LogP contribution in [0.1, 0.15) is 32.1 Å². The molecule has 3 rings (SSSR count). The number of anilines is 1. The lowest BCUT2D eigenvalue weighted by Gasteiger charge is -2.12. The Morgan fingerprint density at radius 2 is 1.67 bits per heavy atom. The number of hydrogen-bond acceptors (Lipinski definition) is 6. The van der Waals surface area contributed by atoms with E-state index in [1.807, 2.05) is 30.3 Å². The highest BCUT2D eigenvalue weighted by molar-refractivity contribution is 6.04. The van der Waals surface area contributed by atoms with Crippen LogP contribution >= 0.6 is 0 Å². The summed E-state index contributed by atoms with van der Waals surface area (Å²) in [5.41, 5.74) is 2.25. The summed E-state index contributed by atoms with van der Waals surface area (Å²) in [4.78, 5) is 44.5. The number of benzene rings is 2. The highest BCUT2D eigenvalue weighted by atomic mass is 16.5. The third kappa shape index (κ3) is 5.71. The van der Waals surface area contributed by atoms with Crippen molar-refractivity contribution in [1.82, 2.24) is 15.3 Å². The Morgan fingerprint density at radius 3 is 2.40 bits per heavy atom. The molecule has 0 fully saturated rings. The number of carbonyl (C=O) groups is 3. The van der Waals surface area contributed by atoms with E-state index in [0.29, 0.717) is 23.5 Å². The van der Waals surface area contributed by atoms with Gasteiger partial charge in [0.25, 0.3) is 11.8 Å². The van der Waals surface area contributed by atoms with Crippen LogP contribution in [-0.2, 0) is 16.1 Å². The monoisotopic (exact) mass is 404 g/mol. The van der Waals surface area contributed by atoms with Crippen molar-refractivity contribution in [2.45, 2.75) is 13.5 Å². The SMILES string of the molecule is Cc1cnc(C(=O)OCC(=O)Nc2ccccc2C(=O)NCc2ccccc2)cn1. The maximum atomic E-state index is 12.5. The molecule has 0 bridgehead atoms. The fourth-order valence-corrected chi connectivity index (χ4v) is 2.55. The van der Waals surface area contributed by atoms with E-state index < -0.39 is 18.5 Å². The first-order valence-corrected chi connectivity index (χ1v) is 9.19. The van der Waals surface area contributed by atoms with E-state index in [1.54, 1.807) is 31.2 Å². The van der Waals surface area contributed by atoms with E-state index in [2.05, 4.69) is 20.6 Å². The number of ether oxygens (including phenoxy) is 1. The van der Waals surface area contributed by atoms with Gasteiger partial charge in [0.2, 0.25) is 0 Å². The molecular formula is C22H20N4O4. The van der Waals surface area contributed by atoms with Crippen LogP contribution in [0.5, 0.6) is 0 Å². The van der Waals surface area contributed by atoms with Crippen molar-refractivity contribution in [3.05, 3.63) is 89.5 Å². The summed E-state index contributed by atoms with van der Waals surface area (Å²) in [5.74, 6) is -1.67. The van der Waals surface area contributed by atoms with Crippen LogP contribution < -0.4 is 10.6 Å². The predicted molar refractivity (Wildman–Crippen MR) is 110 cm³/mol. The number of nitrogens with one attached hydrogen (secondary N) is 2. The number of para-hydroxylation sites is 1. The lowest BCUT2D eigenvalue weighted by atomic mass is 10.1. The summed E-state index contributed by atoms with van der Waals surface area (Å²) >= 11 is 0. The third-order valence-corrected chi connectivity index (χ3v) is 4.07. The van der Waals surface area contributed by atoms with Gasteiger partial charge in [0.05, 0.1) is 23.1 Å². The van der Waals surface area contributed by atoms with Crippen molar-refractivity contribution in [1.29, 1.82) is 0 Å².